The van der Waals surface area contributed by atoms with Crippen molar-refractivity contribution in [3.63, 3.8) is 0 Å². The van der Waals surface area contributed by atoms with Crippen LogP contribution < -0.4 is 10.6 Å². The lowest BCUT2D eigenvalue weighted by Gasteiger charge is -2.30. The Morgan fingerprint density at radius 2 is 2.10 bits per heavy atom. The van der Waals surface area contributed by atoms with Crippen molar-refractivity contribution >= 4 is 11.6 Å². The molecule has 2 unspecified atom stereocenters. The summed E-state index contributed by atoms with van der Waals surface area (Å²) < 4.78 is 0. The van der Waals surface area contributed by atoms with E-state index in [2.05, 4.69) is 36.6 Å². The van der Waals surface area contributed by atoms with Crippen LogP contribution in [0.5, 0.6) is 0 Å². The lowest BCUT2D eigenvalue weighted by atomic mass is 9.87. The normalized spacial score (nSPS) is 20.9. The van der Waals surface area contributed by atoms with E-state index < -0.39 is 0 Å². The summed E-state index contributed by atoms with van der Waals surface area (Å²) >= 11 is 0. The van der Waals surface area contributed by atoms with Crippen molar-refractivity contribution in [1.82, 2.24) is 5.32 Å². The molecule has 3 heteroatoms. The number of unbranched alkanes of at least 4 members (excludes halogenated alkanes) is 3. The van der Waals surface area contributed by atoms with E-state index in [4.69, 9.17) is 0 Å². The van der Waals surface area contributed by atoms with Gasteiger partial charge in [-0.3, -0.25) is 4.79 Å². The zero-order valence-corrected chi connectivity index (χ0v) is 12.6. The molecule has 2 N–H and O–H groups in total. The highest BCUT2D eigenvalue weighted by Crippen LogP contribution is 2.34. The van der Waals surface area contributed by atoms with Gasteiger partial charge in [-0.25, -0.2) is 0 Å². The van der Waals surface area contributed by atoms with E-state index in [1.54, 1.807) is 0 Å². The van der Waals surface area contributed by atoms with Crippen molar-refractivity contribution in [2.24, 2.45) is 0 Å². The molecule has 3 nitrogen and oxygen atoms in total. The van der Waals surface area contributed by atoms with Gasteiger partial charge in [-0.1, -0.05) is 44.4 Å². The molecule has 0 saturated carbocycles. The van der Waals surface area contributed by atoms with Crippen LogP contribution in [0.1, 0.15) is 57.4 Å². The molecule has 1 aliphatic rings. The summed E-state index contributed by atoms with van der Waals surface area (Å²) in [4.78, 5) is 12.4. The molecule has 1 aliphatic heterocycles. The van der Waals surface area contributed by atoms with Crippen LogP contribution in [0.25, 0.3) is 0 Å². The molecule has 0 fully saturated rings. The lowest BCUT2D eigenvalue weighted by molar-refractivity contribution is -0.122. The SMILES string of the molecule is CCCCCCNC(=O)C1CC(C)Nc2ccccc21. The molecule has 1 aromatic carbocycles. The second-order valence-corrected chi connectivity index (χ2v) is 5.77. The third-order valence-electron chi connectivity index (χ3n) is 3.97. The quantitative estimate of drug-likeness (QED) is 0.777. The zero-order chi connectivity index (χ0) is 14.4. The van der Waals surface area contributed by atoms with Crippen LogP contribution in [0.15, 0.2) is 24.3 Å². The van der Waals surface area contributed by atoms with Crippen molar-refractivity contribution in [2.45, 2.75) is 57.9 Å². The Balaban J connectivity index is 1.93. The number of benzene rings is 1. The van der Waals surface area contributed by atoms with E-state index in [0.717, 1.165) is 30.6 Å². The fraction of sp³-hybridized carbons (Fsp3) is 0.588. The summed E-state index contributed by atoms with van der Waals surface area (Å²) in [6.07, 6.45) is 5.64. The first-order valence-electron chi connectivity index (χ1n) is 7.85. The Morgan fingerprint density at radius 1 is 1.30 bits per heavy atom. The molecule has 110 valence electrons. The van der Waals surface area contributed by atoms with Gasteiger partial charge in [0, 0.05) is 18.3 Å². The Kier molecular flexibility index (Phi) is 5.45. The van der Waals surface area contributed by atoms with Gasteiger partial charge < -0.3 is 10.6 Å². The zero-order valence-electron chi connectivity index (χ0n) is 12.6. The first-order chi connectivity index (χ1) is 9.72. The van der Waals surface area contributed by atoms with E-state index >= 15 is 0 Å². The highest BCUT2D eigenvalue weighted by Gasteiger charge is 2.28. The molecule has 1 amide bonds. The van der Waals surface area contributed by atoms with Crippen molar-refractivity contribution in [2.75, 3.05) is 11.9 Å². The Morgan fingerprint density at radius 3 is 2.90 bits per heavy atom. The van der Waals surface area contributed by atoms with E-state index in [0.29, 0.717) is 6.04 Å². The molecule has 2 rings (SSSR count). The second-order valence-electron chi connectivity index (χ2n) is 5.77. The number of carbonyl (C=O) groups is 1. The highest BCUT2D eigenvalue weighted by molar-refractivity contribution is 5.86. The van der Waals surface area contributed by atoms with Crippen LogP contribution in [0.3, 0.4) is 0 Å². The molecular formula is C17H26N2O. The maximum atomic E-state index is 12.4. The predicted octanol–water partition coefficient (Wildman–Crippen LogP) is 3.67. The molecule has 0 saturated heterocycles. The molecule has 0 aliphatic carbocycles. The fourth-order valence-electron chi connectivity index (χ4n) is 2.87. The minimum Gasteiger partial charge on any atom is -0.382 e. The van der Waals surface area contributed by atoms with Crippen molar-refractivity contribution < 1.29 is 4.79 Å². The molecule has 0 radical (unpaired) electrons. The molecule has 0 spiro atoms. The van der Waals surface area contributed by atoms with Gasteiger partial charge in [0.2, 0.25) is 5.91 Å². The number of nitrogens with one attached hydrogen (secondary N) is 2. The van der Waals surface area contributed by atoms with Gasteiger partial charge in [-0.15, -0.1) is 0 Å². The monoisotopic (exact) mass is 274 g/mol. The molecular weight excluding hydrogens is 248 g/mol. The Hall–Kier alpha value is -1.51. The predicted molar refractivity (Wildman–Crippen MR) is 84.0 cm³/mol. The first kappa shape index (κ1) is 14.9. The number of rotatable bonds is 6. The maximum Gasteiger partial charge on any atom is 0.227 e. The van der Waals surface area contributed by atoms with Crippen molar-refractivity contribution in [1.29, 1.82) is 0 Å². The summed E-state index contributed by atoms with van der Waals surface area (Å²) in [6, 6.07) is 8.50. The van der Waals surface area contributed by atoms with Crippen LogP contribution in [0, 0.1) is 0 Å². The standard InChI is InChI=1S/C17H26N2O/c1-3-4-5-8-11-18-17(20)15-12-13(2)19-16-10-7-6-9-14(15)16/h6-7,9-10,13,15,19H,3-5,8,11-12H2,1-2H3,(H,18,20). The third-order valence-corrected chi connectivity index (χ3v) is 3.97. The van der Waals surface area contributed by atoms with Gasteiger partial charge in [-0.05, 0) is 31.4 Å². The minimum absolute atomic E-state index is 0.00590. The van der Waals surface area contributed by atoms with Crippen molar-refractivity contribution in [3.05, 3.63) is 29.8 Å². The average molecular weight is 274 g/mol. The molecule has 1 heterocycles. The van der Waals surface area contributed by atoms with Gasteiger partial charge in [0.05, 0.1) is 5.92 Å². The van der Waals surface area contributed by atoms with Gasteiger partial charge in [0.15, 0.2) is 0 Å². The van der Waals surface area contributed by atoms with Crippen molar-refractivity contribution in [3.8, 4) is 0 Å². The van der Waals surface area contributed by atoms with Crippen LogP contribution in [0.4, 0.5) is 5.69 Å². The molecule has 1 aromatic rings. The molecule has 2 atom stereocenters. The summed E-state index contributed by atoms with van der Waals surface area (Å²) in [7, 11) is 0. The Bertz CT molecular complexity index is 444. The topological polar surface area (TPSA) is 41.1 Å². The largest absolute Gasteiger partial charge is 0.382 e. The fourth-order valence-corrected chi connectivity index (χ4v) is 2.87. The summed E-state index contributed by atoms with van der Waals surface area (Å²) in [5, 5.41) is 6.55. The van der Waals surface area contributed by atoms with Crippen LogP contribution in [0.2, 0.25) is 0 Å². The third kappa shape index (κ3) is 3.75. The molecule has 20 heavy (non-hydrogen) atoms. The number of hydrogen-bond donors (Lipinski definition) is 2. The van der Waals surface area contributed by atoms with Crippen LogP contribution in [-0.2, 0) is 4.79 Å². The van der Waals surface area contributed by atoms with Gasteiger partial charge in [0.1, 0.15) is 0 Å². The van der Waals surface area contributed by atoms with Gasteiger partial charge in [-0.2, -0.15) is 0 Å². The van der Waals surface area contributed by atoms with E-state index in [9.17, 15) is 4.79 Å². The molecule has 0 aromatic heterocycles. The second kappa shape index (κ2) is 7.32. The van der Waals surface area contributed by atoms with E-state index in [1.165, 1.54) is 19.3 Å². The lowest BCUT2D eigenvalue weighted by Crippen LogP contribution is -2.36. The molecule has 0 bridgehead atoms. The highest BCUT2D eigenvalue weighted by atomic mass is 16.1. The maximum absolute atomic E-state index is 12.4. The minimum atomic E-state index is -0.00590. The van der Waals surface area contributed by atoms with Gasteiger partial charge in [0.25, 0.3) is 0 Å². The average Bonchev–Trinajstić information content (AvgIpc) is 2.46. The number of carbonyl (C=O) groups excluding carboxylic acids is 1. The number of fused-ring (bicyclic) bond motifs is 1. The first-order valence-corrected chi connectivity index (χ1v) is 7.85. The van der Waals surface area contributed by atoms with Crippen LogP contribution in [-0.4, -0.2) is 18.5 Å². The number of hydrogen-bond acceptors (Lipinski definition) is 2. The number of anilines is 1. The van der Waals surface area contributed by atoms with E-state index in [1.807, 2.05) is 12.1 Å². The van der Waals surface area contributed by atoms with Gasteiger partial charge >= 0.3 is 0 Å². The van der Waals surface area contributed by atoms with Crippen LogP contribution >= 0.6 is 0 Å². The summed E-state index contributed by atoms with van der Waals surface area (Å²) in [5.41, 5.74) is 2.24. The smallest absolute Gasteiger partial charge is 0.227 e. The Labute approximate surface area is 122 Å². The number of para-hydroxylation sites is 1. The van der Waals surface area contributed by atoms with E-state index in [-0.39, 0.29) is 11.8 Å². The number of amides is 1. The summed E-state index contributed by atoms with van der Waals surface area (Å²) in [5.74, 6) is 0.177. The summed E-state index contributed by atoms with van der Waals surface area (Å²) in [6.45, 7) is 5.14.